The molecule has 1 heterocycles. The molecule has 0 radical (unpaired) electrons. The molecule has 0 amide bonds. The summed E-state index contributed by atoms with van der Waals surface area (Å²) in [5, 5.41) is 15.3. The SMILES string of the molecule is CCCOCCCNS(=O)(=O)c1n[nH]c(C)c1CO. The first-order valence-electron chi connectivity index (χ1n) is 6.25. The van der Waals surface area contributed by atoms with Gasteiger partial charge in [-0.3, -0.25) is 5.10 Å². The number of hydrogen-bond donors (Lipinski definition) is 3. The third-order valence-corrected chi connectivity index (χ3v) is 3.99. The number of H-pyrrole nitrogens is 1. The van der Waals surface area contributed by atoms with Gasteiger partial charge in [-0.2, -0.15) is 5.10 Å². The van der Waals surface area contributed by atoms with Crippen LogP contribution in [0, 0.1) is 6.92 Å². The highest BCUT2D eigenvalue weighted by Gasteiger charge is 2.22. The zero-order valence-corrected chi connectivity index (χ0v) is 12.1. The molecule has 0 aromatic carbocycles. The maximum Gasteiger partial charge on any atom is 0.260 e. The molecule has 0 spiro atoms. The molecule has 0 aliphatic heterocycles. The van der Waals surface area contributed by atoms with Crippen LogP contribution in [0.15, 0.2) is 5.03 Å². The lowest BCUT2D eigenvalue weighted by Gasteiger charge is -2.06. The Morgan fingerprint density at radius 2 is 2.16 bits per heavy atom. The Balaban J connectivity index is 2.52. The van der Waals surface area contributed by atoms with Gasteiger partial charge in [0.1, 0.15) is 0 Å². The molecule has 19 heavy (non-hydrogen) atoms. The van der Waals surface area contributed by atoms with Crippen LogP contribution >= 0.6 is 0 Å². The minimum atomic E-state index is -3.68. The lowest BCUT2D eigenvalue weighted by molar-refractivity contribution is 0.133. The summed E-state index contributed by atoms with van der Waals surface area (Å²) in [5.74, 6) is 0. The van der Waals surface area contributed by atoms with E-state index in [2.05, 4.69) is 14.9 Å². The Hall–Kier alpha value is -0.960. The molecule has 0 fully saturated rings. The van der Waals surface area contributed by atoms with Crippen molar-refractivity contribution in [2.75, 3.05) is 19.8 Å². The van der Waals surface area contributed by atoms with Crippen LogP contribution in [-0.4, -0.2) is 43.5 Å². The van der Waals surface area contributed by atoms with E-state index in [0.29, 0.717) is 30.9 Å². The van der Waals surface area contributed by atoms with Crippen LogP contribution in [0.3, 0.4) is 0 Å². The van der Waals surface area contributed by atoms with E-state index in [0.717, 1.165) is 6.42 Å². The van der Waals surface area contributed by atoms with Gasteiger partial charge in [0.05, 0.1) is 6.61 Å². The molecule has 0 saturated carbocycles. The van der Waals surface area contributed by atoms with Gasteiger partial charge < -0.3 is 9.84 Å². The second kappa shape index (κ2) is 7.59. The highest BCUT2D eigenvalue weighted by Crippen LogP contribution is 2.15. The van der Waals surface area contributed by atoms with Gasteiger partial charge in [-0.1, -0.05) is 6.92 Å². The second-order valence-electron chi connectivity index (χ2n) is 4.15. The molecule has 1 aromatic heterocycles. The van der Waals surface area contributed by atoms with Crippen LogP contribution in [0.5, 0.6) is 0 Å². The number of nitrogens with zero attached hydrogens (tertiary/aromatic N) is 1. The highest BCUT2D eigenvalue weighted by molar-refractivity contribution is 7.89. The largest absolute Gasteiger partial charge is 0.392 e. The fraction of sp³-hybridized carbons (Fsp3) is 0.727. The van der Waals surface area contributed by atoms with Crippen LogP contribution in [0.2, 0.25) is 0 Å². The van der Waals surface area contributed by atoms with Gasteiger partial charge in [0, 0.05) is 31.0 Å². The standard InChI is InChI=1S/C11H21N3O4S/c1-3-6-18-7-4-5-12-19(16,17)11-10(8-15)9(2)13-14-11/h12,15H,3-8H2,1-2H3,(H,13,14). The Bertz CT molecular complexity index is 484. The van der Waals surface area contributed by atoms with Crippen LogP contribution in [0.25, 0.3) is 0 Å². The van der Waals surface area contributed by atoms with Crippen molar-refractivity contribution in [2.24, 2.45) is 0 Å². The Labute approximate surface area is 113 Å². The van der Waals surface area contributed by atoms with Crippen molar-refractivity contribution in [3.8, 4) is 0 Å². The van der Waals surface area contributed by atoms with Gasteiger partial charge in [-0.05, 0) is 19.8 Å². The van der Waals surface area contributed by atoms with Gasteiger partial charge in [0.2, 0.25) is 0 Å². The third kappa shape index (κ3) is 4.57. The zero-order chi connectivity index (χ0) is 14.3. The predicted molar refractivity (Wildman–Crippen MR) is 70.2 cm³/mol. The van der Waals surface area contributed by atoms with E-state index in [4.69, 9.17) is 9.84 Å². The van der Waals surface area contributed by atoms with Crippen LogP contribution in [0.1, 0.15) is 31.0 Å². The van der Waals surface area contributed by atoms with E-state index >= 15 is 0 Å². The molecule has 0 unspecified atom stereocenters. The van der Waals surface area contributed by atoms with E-state index in [-0.39, 0.29) is 18.2 Å². The zero-order valence-electron chi connectivity index (χ0n) is 11.3. The van der Waals surface area contributed by atoms with Crippen molar-refractivity contribution in [3.63, 3.8) is 0 Å². The number of hydrogen-bond acceptors (Lipinski definition) is 5. The Morgan fingerprint density at radius 1 is 1.42 bits per heavy atom. The molecular formula is C11H21N3O4S. The van der Waals surface area contributed by atoms with Crippen LogP contribution in [0.4, 0.5) is 0 Å². The smallest absolute Gasteiger partial charge is 0.260 e. The van der Waals surface area contributed by atoms with Crippen molar-refractivity contribution >= 4 is 10.0 Å². The van der Waals surface area contributed by atoms with Gasteiger partial charge in [0.15, 0.2) is 5.03 Å². The molecule has 3 N–H and O–H groups in total. The predicted octanol–water partition coefficient (Wildman–Crippen LogP) is 0.305. The number of aryl methyl sites for hydroxylation is 1. The quantitative estimate of drug-likeness (QED) is 0.568. The number of aromatic amines is 1. The number of rotatable bonds is 9. The summed E-state index contributed by atoms with van der Waals surface area (Å²) in [7, 11) is -3.68. The number of aliphatic hydroxyl groups excluding tert-OH is 1. The number of nitrogens with one attached hydrogen (secondary N) is 2. The normalized spacial score (nSPS) is 11.9. The average Bonchev–Trinajstić information content (AvgIpc) is 2.75. The van der Waals surface area contributed by atoms with E-state index in [1.165, 1.54) is 0 Å². The molecule has 8 heteroatoms. The minimum absolute atomic E-state index is 0.137. The highest BCUT2D eigenvalue weighted by atomic mass is 32.2. The summed E-state index contributed by atoms with van der Waals surface area (Å²) >= 11 is 0. The molecule has 0 bridgehead atoms. The van der Waals surface area contributed by atoms with Gasteiger partial charge in [-0.25, -0.2) is 13.1 Å². The minimum Gasteiger partial charge on any atom is -0.392 e. The second-order valence-corrected chi connectivity index (χ2v) is 5.84. The van der Waals surface area contributed by atoms with Gasteiger partial charge in [0.25, 0.3) is 10.0 Å². The summed E-state index contributed by atoms with van der Waals surface area (Å²) in [6.45, 7) is 4.79. The molecule has 0 aliphatic carbocycles. The van der Waals surface area contributed by atoms with Crippen molar-refractivity contribution in [1.29, 1.82) is 0 Å². The van der Waals surface area contributed by atoms with E-state index in [9.17, 15) is 8.42 Å². The lowest BCUT2D eigenvalue weighted by Crippen LogP contribution is -2.27. The van der Waals surface area contributed by atoms with Crippen molar-refractivity contribution in [1.82, 2.24) is 14.9 Å². The molecular weight excluding hydrogens is 270 g/mol. The number of aliphatic hydroxyl groups is 1. The molecule has 0 aliphatic rings. The van der Waals surface area contributed by atoms with Gasteiger partial charge >= 0.3 is 0 Å². The summed E-state index contributed by atoms with van der Waals surface area (Å²) in [4.78, 5) is 0. The molecule has 110 valence electrons. The van der Waals surface area contributed by atoms with Crippen LogP contribution < -0.4 is 4.72 Å². The summed E-state index contributed by atoms with van der Waals surface area (Å²) in [6, 6.07) is 0. The average molecular weight is 291 g/mol. The Kier molecular flexibility index (Phi) is 6.43. The van der Waals surface area contributed by atoms with E-state index in [1.807, 2.05) is 6.92 Å². The van der Waals surface area contributed by atoms with Crippen LogP contribution in [-0.2, 0) is 21.4 Å². The maximum absolute atomic E-state index is 12.0. The molecule has 1 aromatic rings. The first-order chi connectivity index (χ1) is 9.03. The third-order valence-electron chi connectivity index (χ3n) is 2.55. The van der Waals surface area contributed by atoms with Crippen molar-refractivity contribution in [2.45, 2.75) is 38.3 Å². The summed E-state index contributed by atoms with van der Waals surface area (Å²) < 4.78 is 31.6. The molecule has 0 saturated heterocycles. The summed E-state index contributed by atoms with van der Waals surface area (Å²) in [6.07, 6.45) is 1.54. The molecule has 0 atom stereocenters. The van der Waals surface area contributed by atoms with E-state index < -0.39 is 10.0 Å². The lowest BCUT2D eigenvalue weighted by atomic mass is 10.3. The molecule has 1 rings (SSSR count). The van der Waals surface area contributed by atoms with E-state index in [1.54, 1.807) is 6.92 Å². The topological polar surface area (TPSA) is 104 Å². The monoisotopic (exact) mass is 291 g/mol. The fourth-order valence-electron chi connectivity index (χ4n) is 1.53. The van der Waals surface area contributed by atoms with Gasteiger partial charge in [-0.15, -0.1) is 0 Å². The number of aromatic nitrogens is 2. The first kappa shape index (κ1) is 16.1. The van der Waals surface area contributed by atoms with Crippen molar-refractivity contribution in [3.05, 3.63) is 11.3 Å². The van der Waals surface area contributed by atoms with Crippen molar-refractivity contribution < 1.29 is 18.3 Å². The maximum atomic E-state index is 12.0. The first-order valence-corrected chi connectivity index (χ1v) is 7.73. The fourth-order valence-corrected chi connectivity index (χ4v) is 2.79. The number of ether oxygens (including phenoxy) is 1. The number of sulfonamides is 1. The molecule has 7 nitrogen and oxygen atoms in total. The summed E-state index contributed by atoms with van der Waals surface area (Å²) in [5.41, 5.74) is 0.851. The Morgan fingerprint density at radius 3 is 2.79 bits per heavy atom.